The van der Waals surface area contributed by atoms with Crippen LogP contribution in [0.5, 0.6) is 0 Å². The average molecular weight is 199 g/mol. The van der Waals surface area contributed by atoms with E-state index in [0.29, 0.717) is 6.04 Å². The summed E-state index contributed by atoms with van der Waals surface area (Å²) in [4.78, 5) is 0. The van der Waals surface area contributed by atoms with E-state index in [1.165, 1.54) is 24.4 Å². The number of nitrogens with one attached hydrogen (secondary N) is 1. The number of anilines is 1. The zero-order valence-electron chi connectivity index (χ0n) is 7.56. The highest BCUT2D eigenvalue weighted by Crippen LogP contribution is 2.34. The second-order valence-corrected chi connectivity index (χ2v) is 4.11. The molecule has 0 bridgehead atoms. The fourth-order valence-corrected chi connectivity index (χ4v) is 1.87. The first-order valence-corrected chi connectivity index (χ1v) is 5.20. The molecule has 72 valence electrons. The van der Waals surface area contributed by atoms with E-state index < -0.39 is 0 Å². The van der Waals surface area contributed by atoms with Crippen LogP contribution in [0, 0.1) is 5.92 Å². The molecule has 0 saturated heterocycles. The van der Waals surface area contributed by atoms with Gasteiger partial charge in [0.15, 0.2) is 0 Å². The quantitative estimate of drug-likeness (QED) is 0.778. The van der Waals surface area contributed by atoms with E-state index in [2.05, 4.69) is 14.9 Å². The SMILES string of the molecule is COCC(Nc1cnns1)C1CC1. The van der Waals surface area contributed by atoms with Crippen molar-refractivity contribution in [2.75, 3.05) is 19.0 Å². The van der Waals surface area contributed by atoms with E-state index in [-0.39, 0.29) is 0 Å². The van der Waals surface area contributed by atoms with Crippen LogP contribution in [0.25, 0.3) is 0 Å². The van der Waals surface area contributed by atoms with Crippen molar-refractivity contribution in [2.45, 2.75) is 18.9 Å². The van der Waals surface area contributed by atoms with Crippen molar-refractivity contribution in [1.82, 2.24) is 9.59 Å². The number of rotatable bonds is 5. The summed E-state index contributed by atoms with van der Waals surface area (Å²) < 4.78 is 8.96. The van der Waals surface area contributed by atoms with Gasteiger partial charge < -0.3 is 10.1 Å². The maximum atomic E-state index is 5.16. The number of aromatic nitrogens is 2. The third kappa shape index (κ3) is 2.38. The Balaban J connectivity index is 1.89. The Morgan fingerprint density at radius 1 is 1.77 bits per heavy atom. The largest absolute Gasteiger partial charge is 0.383 e. The van der Waals surface area contributed by atoms with Crippen molar-refractivity contribution in [2.24, 2.45) is 5.92 Å². The zero-order valence-corrected chi connectivity index (χ0v) is 8.38. The van der Waals surface area contributed by atoms with Gasteiger partial charge in [-0.05, 0) is 18.8 Å². The van der Waals surface area contributed by atoms with Crippen LogP contribution in [0.1, 0.15) is 12.8 Å². The summed E-state index contributed by atoms with van der Waals surface area (Å²) in [5.41, 5.74) is 0. The molecule has 13 heavy (non-hydrogen) atoms. The number of methoxy groups -OCH3 is 1. The summed E-state index contributed by atoms with van der Waals surface area (Å²) >= 11 is 1.39. The average Bonchev–Trinajstić information content (AvgIpc) is 2.85. The van der Waals surface area contributed by atoms with Crippen LogP contribution in [0.15, 0.2) is 6.20 Å². The lowest BCUT2D eigenvalue weighted by Gasteiger charge is -2.16. The summed E-state index contributed by atoms with van der Waals surface area (Å²) in [7, 11) is 1.74. The maximum absolute atomic E-state index is 5.16. The van der Waals surface area contributed by atoms with Crippen LogP contribution in [-0.2, 0) is 4.74 Å². The first-order chi connectivity index (χ1) is 6.40. The van der Waals surface area contributed by atoms with Crippen LogP contribution < -0.4 is 5.32 Å². The molecule has 1 fully saturated rings. The lowest BCUT2D eigenvalue weighted by atomic mass is 10.2. The van der Waals surface area contributed by atoms with E-state index in [4.69, 9.17) is 4.74 Å². The molecular weight excluding hydrogens is 186 g/mol. The molecule has 0 amide bonds. The molecule has 4 nitrogen and oxygen atoms in total. The van der Waals surface area contributed by atoms with Gasteiger partial charge in [-0.15, -0.1) is 5.10 Å². The molecule has 1 saturated carbocycles. The van der Waals surface area contributed by atoms with E-state index in [0.717, 1.165) is 17.5 Å². The molecule has 0 radical (unpaired) electrons. The predicted molar refractivity (Wildman–Crippen MR) is 51.9 cm³/mol. The van der Waals surface area contributed by atoms with Gasteiger partial charge >= 0.3 is 0 Å². The van der Waals surface area contributed by atoms with Crippen molar-refractivity contribution in [3.05, 3.63) is 6.20 Å². The third-order valence-electron chi connectivity index (χ3n) is 2.23. The molecule has 1 aromatic rings. The van der Waals surface area contributed by atoms with Gasteiger partial charge in [0.1, 0.15) is 5.00 Å². The highest BCUT2D eigenvalue weighted by atomic mass is 32.1. The Hall–Kier alpha value is -0.680. The van der Waals surface area contributed by atoms with E-state index in [1.54, 1.807) is 13.3 Å². The van der Waals surface area contributed by atoms with Crippen LogP contribution in [0.3, 0.4) is 0 Å². The minimum absolute atomic E-state index is 0.437. The molecule has 1 N–H and O–H groups in total. The first-order valence-electron chi connectivity index (χ1n) is 4.43. The van der Waals surface area contributed by atoms with Gasteiger partial charge in [0, 0.05) is 18.6 Å². The lowest BCUT2D eigenvalue weighted by molar-refractivity contribution is 0.179. The Morgan fingerprint density at radius 3 is 3.15 bits per heavy atom. The Morgan fingerprint density at radius 2 is 2.62 bits per heavy atom. The van der Waals surface area contributed by atoms with Gasteiger partial charge in [-0.2, -0.15) is 0 Å². The second-order valence-electron chi connectivity index (χ2n) is 3.33. The highest BCUT2D eigenvalue weighted by Gasteiger charge is 2.31. The molecule has 5 heteroatoms. The van der Waals surface area contributed by atoms with Crippen LogP contribution in [0.4, 0.5) is 5.00 Å². The molecule has 1 aliphatic rings. The fourth-order valence-electron chi connectivity index (χ4n) is 1.39. The highest BCUT2D eigenvalue weighted by molar-refractivity contribution is 7.09. The van der Waals surface area contributed by atoms with Crippen molar-refractivity contribution in [1.29, 1.82) is 0 Å². The summed E-state index contributed by atoms with van der Waals surface area (Å²) in [6.07, 6.45) is 4.39. The molecular formula is C8H13N3OS. The van der Waals surface area contributed by atoms with E-state index >= 15 is 0 Å². The fraction of sp³-hybridized carbons (Fsp3) is 0.750. The van der Waals surface area contributed by atoms with Gasteiger partial charge in [0.05, 0.1) is 18.8 Å². The summed E-state index contributed by atoms with van der Waals surface area (Å²) in [5.74, 6) is 0.780. The Kier molecular flexibility index (Phi) is 2.75. The first kappa shape index (κ1) is 8.90. The van der Waals surface area contributed by atoms with Gasteiger partial charge in [0.25, 0.3) is 0 Å². The predicted octanol–water partition coefficient (Wildman–Crippen LogP) is 1.38. The number of hydrogen-bond donors (Lipinski definition) is 1. The molecule has 0 spiro atoms. The number of ether oxygens (including phenoxy) is 1. The topological polar surface area (TPSA) is 47.0 Å². The molecule has 0 aromatic carbocycles. The van der Waals surface area contributed by atoms with Gasteiger partial charge in [0.2, 0.25) is 0 Å². The maximum Gasteiger partial charge on any atom is 0.130 e. The number of nitrogens with zero attached hydrogens (tertiary/aromatic N) is 2. The monoisotopic (exact) mass is 199 g/mol. The van der Waals surface area contributed by atoms with Crippen molar-refractivity contribution in [3.63, 3.8) is 0 Å². The van der Waals surface area contributed by atoms with Crippen LogP contribution in [-0.4, -0.2) is 29.3 Å². The summed E-state index contributed by atoms with van der Waals surface area (Å²) in [6.45, 7) is 0.766. The molecule has 0 aliphatic heterocycles. The third-order valence-corrected chi connectivity index (χ3v) is 2.82. The van der Waals surface area contributed by atoms with Crippen LogP contribution in [0.2, 0.25) is 0 Å². The standard InChI is InChI=1S/C8H13N3OS/c1-12-5-7(6-2-3-6)10-8-4-9-11-13-8/h4,6-7,10H,2-3,5H2,1H3. The van der Waals surface area contributed by atoms with Crippen molar-refractivity contribution in [3.8, 4) is 0 Å². The van der Waals surface area contributed by atoms with E-state index in [9.17, 15) is 0 Å². The van der Waals surface area contributed by atoms with Gasteiger partial charge in [-0.25, -0.2) is 0 Å². The Labute approximate surface area is 81.5 Å². The molecule has 1 aliphatic carbocycles. The molecule has 1 unspecified atom stereocenters. The number of hydrogen-bond acceptors (Lipinski definition) is 5. The molecule has 1 heterocycles. The Bertz CT molecular complexity index is 248. The van der Waals surface area contributed by atoms with Gasteiger partial charge in [-0.3, -0.25) is 0 Å². The minimum atomic E-state index is 0.437. The molecule has 1 atom stereocenters. The lowest BCUT2D eigenvalue weighted by Crippen LogP contribution is -2.26. The van der Waals surface area contributed by atoms with Crippen molar-refractivity contribution >= 4 is 16.5 Å². The second kappa shape index (κ2) is 4.02. The normalized spacial score (nSPS) is 18.5. The summed E-state index contributed by atoms with van der Waals surface area (Å²) in [6, 6.07) is 0.437. The molecule has 1 aromatic heterocycles. The van der Waals surface area contributed by atoms with Gasteiger partial charge in [-0.1, -0.05) is 4.49 Å². The zero-order chi connectivity index (χ0) is 9.10. The minimum Gasteiger partial charge on any atom is -0.383 e. The van der Waals surface area contributed by atoms with Crippen molar-refractivity contribution < 1.29 is 4.74 Å². The smallest absolute Gasteiger partial charge is 0.130 e. The summed E-state index contributed by atoms with van der Waals surface area (Å²) in [5, 5.41) is 8.21. The van der Waals surface area contributed by atoms with E-state index in [1.807, 2.05) is 0 Å². The van der Waals surface area contributed by atoms with Crippen LogP contribution >= 0.6 is 11.5 Å². The molecule has 2 rings (SSSR count).